The maximum Gasteiger partial charge on any atom is 0.472 e. The molecule has 10 heteroatoms. The Morgan fingerprint density at radius 1 is 0.509 bits per heavy atom. The van der Waals surface area contributed by atoms with Gasteiger partial charge in [0.2, 0.25) is 0 Å². The summed E-state index contributed by atoms with van der Waals surface area (Å²) in [5.74, 6) is -0.785. The number of phosphoric acid groups is 1. The summed E-state index contributed by atoms with van der Waals surface area (Å²) in [4.78, 5) is 35.3. The van der Waals surface area contributed by atoms with Crippen LogP contribution in [0.5, 0.6) is 0 Å². The molecule has 0 radical (unpaired) electrons. The molecular formula is C43H87NO8P+. The lowest BCUT2D eigenvalue weighted by Gasteiger charge is -2.24. The van der Waals surface area contributed by atoms with Gasteiger partial charge in [0.05, 0.1) is 27.7 Å². The highest BCUT2D eigenvalue weighted by molar-refractivity contribution is 7.47. The number of likely N-dealkylation sites (N-methyl/N-ethyl adjacent to an activating group) is 1. The molecule has 9 nitrogen and oxygen atoms in total. The number of carbonyl (C=O) groups excluding carboxylic acids is 2. The van der Waals surface area contributed by atoms with E-state index in [0.717, 1.165) is 32.1 Å². The molecule has 316 valence electrons. The molecule has 0 spiro atoms. The highest BCUT2D eigenvalue weighted by Crippen LogP contribution is 2.43. The summed E-state index contributed by atoms with van der Waals surface area (Å²) in [7, 11) is 1.49. The first-order valence-electron chi connectivity index (χ1n) is 22.3. The van der Waals surface area contributed by atoms with Crippen molar-refractivity contribution in [2.45, 2.75) is 219 Å². The number of hydrogen-bond donors (Lipinski definition) is 1. The van der Waals surface area contributed by atoms with E-state index in [1.807, 2.05) is 21.1 Å². The van der Waals surface area contributed by atoms with Crippen LogP contribution in [0.25, 0.3) is 0 Å². The summed E-state index contributed by atoms with van der Waals surface area (Å²) in [5, 5.41) is 0. The first-order chi connectivity index (χ1) is 25.5. The average molecular weight is 777 g/mol. The van der Waals surface area contributed by atoms with Gasteiger partial charge in [-0.2, -0.15) is 0 Å². The number of unbranched alkanes of at least 4 members (excludes halogenated alkanes) is 27. The maximum absolute atomic E-state index is 12.6. The predicted molar refractivity (Wildman–Crippen MR) is 220 cm³/mol. The minimum absolute atomic E-state index is 0.0367. The fourth-order valence-electron chi connectivity index (χ4n) is 6.37. The Hall–Kier alpha value is -0.990. The number of phosphoric ester groups is 1. The molecule has 0 fully saturated rings. The quantitative estimate of drug-likeness (QED) is 0.0283. The molecule has 0 aliphatic heterocycles. The van der Waals surface area contributed by atoms with E-state index in [9.17, 15) is 19.0 Å². The summed E-state index contributed by atoms with van der Waals surface area (Å²) >= 11 is 0. The second kappa shape index (κ2) is 36.6. The van der Waals surface area contributed by atoms with Gasteiger partial charge in [0.25, 0.3) is 0 Å². The van der Waals surface area contributed by atoms with E-state index in [0.29, 0.717) is 23.9 Å². The van der Waals surface area contributed by atoms with E-state index >= 15 is 0 Å². The highest BCUT2D eigenvalue weighted by Gasteiger charge is 2.27. The van der Waals surface area contributed by atoms with Gasteiger partial charge < -0.3 is 18.9 Å². The van der Waals surface area contributed by atoms with Crippen LogP contribution in [0.1, 0.15) is 213 Å². The van der Waals surface area contributed by atoms with E-state index in [1.54, 1.807) is 0 Å². The molecule has 53 heavy (non-hydrogen) atoms. The van der Waals surface area contributed by atoms with Gasteiger partial charge in [-0.25, -0.2) is 4.57 Å². The zero-order valence-electron chi connectivity index (χ0n) is 35.5. The standard InChI is InChI=1S/C43H86NO8P/c1-6-8-10-12-14-16-18-19-20-21-22-23-24-26-27-29-31-33-35-42(45)49-39-41(40-51-53(47,48)50-38-37-44(3,4)5)52-43(46)36-34-32-30-28-25-17-15-13-11-9-7-2/h41H,6-40H2,1-5H3/p+1. The average Bonchev–Trinajstić information content (AvgIpc) is 3.10. The zero-order chi connectivity index (χ0) is 39.3. The Kier molecular flexibility index (Phi) is 36.0. The van der Waals surface area contributed by atoms with Gasteiger partial charge in [0.15, 0.2) is 6.10 Å². The van der Waals surface area contributed by atoms with Gasteiger partial charge >= 0.3 is 19.8 Å². The predicted octanol–water partition coefficient (Wildman–Crippen LogP) is 12.4. The SMILES string of the molecule is CCCCCCCCCCCCCCCCCCCCC(=O)OCC(COP(=O)(O)OCC[N+](C)(C)C)OC(=O)CCCCCCCCCCCCC. The van der Waals surface area contributed by atoms with Crippen molar-refractivity contribution in [2.75, 3.05) is 47.5 Å². The number of quaternary nitrogens is 1. The van der Waals surface area contributed by atoms with Crippen molar-refractivity contribution in [1.82, 2.24) is 0 Å². The Morgan fingerprint density at radius 2 is 0.849 bits per heavy atom. The summed E-state index contributed by atoms with van der Waals surface area (Å²) < 4.78 is 34.3. The molecule has 0 heterocycles. The second-order valence-electron chi connectivity index (χ2n) is 16.5. The van der Waals surface area contributed by atoms with Crippen LogP contribution < -0.4 is 0 Å². The summed E-state index contributed by atoms with van der Waals surface area (Å²) in [6, 6.07) is 0. The lowest BCUT2D eigenvalue weighted by Crippen LogP contribution is -2.37. The molecule has 0 amide bonds. The van der Waals surface area contributed by atoms with Crippen LogP contribution in [0.3, 0.4) is 0 Å². The number of rotatable bonds is 41. The molecule has 0 aromatic rings. The van der Waals surface area contributed by atoms with Gasteiger partial charge in [-0.15, -0.1) is 0 Å². The fraction of sp³-hybridized carbons (Fsp3) is 0.953. The van der Waals surface area contributed by atoms with E-state index in [4.69, 9.17) is 18.5 Å². The van der Waals surface area contributed by atoms with Crippen LogP contribution in [-0.4, -0.2) is 74.9 Å². The number of ether oxygens (including phenoxy) is 2. The van der Waals surface area contributed by atoms with Crippen LogP contribution in [-0.2, 0) is 32.7 Å². The maximum atomic E-state index is 12.6. The number of hydrogen-bond acceptors (Lipinski definition) is 7. The molecule has 2 atom stereocenters. The van der Waals surface area contributed by atoms with Crippen molar-refractivity contribution < 1.29 is 42.1 Å². The minimum Gasteiger partial charge on any atom is -0.462 e. The Labute approximate surface area is 327 Å². The fourth-order valence-corrected chi connectivity index (χ4v) is 7.11. The van der Waals surface area contributed by atoms with E-state index in [1.165, 1.54) is 148 Å². The van der Waals surface area contributed by atoms with E-state index < -0.39 is 26.5 Å². The largest absolute Gasteiger partial charge is 0.472 e. The molecule has 0 saturated carbocycles. The van der Waals surface area contributed by atoms with Crippen molar-refractivity contribution in [3.8, 4) is 0 Å². The summed E-state index contributed by atoms with van der Waals surface area (Å²) in [6.45, 7) is 4.45. The smallest absolute Gasteiger partial charge is 0.462 e. The van der Waals surface area contributed by atoms with Gasteiger partial charge in [-0.05, 0) is 12.8 Å². The van der Waals surface area contributed by atoms with Crippen molar-refractivity contribution in [3.05, 3.63) is 0 Å². The molecule has 0 aromatic heterocycles. The van der Waals surface area contributed by atoms with Crippen LogP contribution in [0.2, 0.25) is 0 Å². The molecule has 0 aromatic carbocycles. The third-order valence-electron chi connectivity index (χ3n) is 9.89. The van der Waals surface area contributed by atoms with Gasteiger partial charge in [-0.1, -0.05) is 187 Å². The lowest BCUT2D eigenvalue weighted by atomic mass is 10.0. The number of carbonyl (C=O) groups is 2. The van der Waals surface area contributed by atoms with Crippen LogP contribution in [0, 0.1) is 0 Å². The summed E-state index contributed by atoms with van der Waals surface area (Å²) in [5.41, 5.74) is 0. The molecule has 1 N–H and O–H groups in total. The molecule has 0 aliphatic rings. The van der Waals surface area contributed by atoms with Gasteiger partial charge in [0, 0.05) is 12.8 Å². The zero-order valence-corrected chi connectivity index (χ0v) is 36.4. The molecule has 0 bridgehead atoms. The van der Waals surface area contributed by atoms with E-state index in [2.05, 4.69) is 13.8 Å². The van der Waals surface area contributed by atoms with Crippen molar-refractivity contribution >= 4 is 19.8 Å². The monoisotopic (exact) mass is 777 g/mol. The topological polar surface area (TPSA) is 108 Å². The van der Waals surface area contributed by atoms with E-state index in [-0.39, 0.29) is 25.6 Å². The molecule has 2 unspecified atom stereocenters. The van der Waals surface area contributed by atoms with Crippen molar-refractivity contribution in [2.24, 2.45) is 0 Å². The highest BCUT2D eigenvalue weighted by atomic mass is 31.2. The van der Waals surface area contributed by atoms with Crippen molar-refractivity contribution in [1.29, 1.82) is 0 Å². The molecule has 0 saturated heterocycles. The first kappa shape index (κ1) is 52.0. The third-order valence-corrected chi connectivity index (χ3v) is 10.9. The van der Waals surface area contributed by atoms with Gasteiger partial charge in [0.1, 0.15) is 19.8 Å². The minimum atomic E-state index is -4.36. The molecule has 0 aliphatic carbocycles. The van der Waals surface area contributed by atoms with Crippen LogP contribution in [0.4, 0.5) is 0 Å². The molecular weight excluding hydrogens is 689 g/mol. The lowest BCUT2D eigenvalue weighted by molar-refractivity contribution is -0.870. The third kappa shape index (κ3) is 40.5. The van der Waals surface area contributed by atoms with Crippen molar-refractivity contribution in [3.63, 3.8) is 0 Å². The van der Waals surface area contributed by atoms with Gasteiger partial charge in [-0.3, -0.25) is 18.6 Å². The van der Waals surface area contributed by atoms with Crippen LogP contribution in [0.15, 0.2) is 0 Å². The van der Waals surface area contributed by atoms with Crippen LogP contribution >= 0.6 is 7.82 Å². The second-order valence-corrected chi connectivity index (χ2v) is 17.9. The Balaban J connectivity index is 4.25. The molecule has 0 rings (SSSR count). The normalized spacial score (nSPS) is 13.5. The summed E-state index contributed by atoms with van der Waals surface area (Å²) in [6.07, 6.45) is 35.8. The Bertz CT molecular complexity index is 881. The Morgan fingerprint density at radius 3 is 1.21 bits per heavy atom. The number of esters is 2. The first-order valence-corrected chi connectivity index (χ1v) is 23.8. The number of nitrogens with zero attached hydrogens (tertiary/aromatic N) is 1.